The van der Waals surface area contributed by atoms with Crippen molar-refractivity contribution in [1.29, 1.82) is 0 Å². The van der Waals surface area contributed by atoms with Gasteiger partial charge in [0, 0.05) is 17.9 Å². The number of carbonyl (C=O) groups is 1. The smallest absolute Gasteiger partial charge is 0.272 e. The molecule has 8 nitrogen and oxygen atoms in total. The van der Waals surface area contributed by atoms with Gasteiger partial charge in [-0.05, 0) is 32.1 Å². The highest BCUT2D eigenvalue weighted by molar-refractivity contribution is 5.94. The van der Waals surface area contributed by atoms with Gasteiger partial charge in [0.2, 0.25) is 0 Å². The molecule has 0 radical (unpaired) electrons. The van der Waals surface area contributed by atoms with Gasteiger partial charge < -0.3 is 14.6 Å². The van der Waals surface area contributed by atoms with Crippen LogP contribution in [0.4, 0.5) is 0 Å². The number of aromatic nitrogens is 4. The van der Waals surface area contributed by atoms with Crippen LogP contribution in [0.15, 0.2) is 4.52 Å². The molecule has 0 unspecified atom stereocenters. The average molecular weight is 303 g/mol. The number of aryl methyl sites for hydroxylation is 1. The molecule has 2 aromatic heterocycles. The topological polar surface area (TPSA) is 106 Å². The predicted molar refractivity (Wildman–Crippen MR) is 74.0 cm³/mol. The maximum atomic E-state index is 12.2. The van der Waals surface area contributed by atoms with E-state index in [4.69, 9.17) is 9.26 Å². The molecule has 0 saturated carbocycles. The van der Waals surface area contributed by atoms with Gasteiger partial charge in [-0.1, -0.05) is 5.16 Å². The largest absolute Gasteiger partial charge is 0.368 e. The van der Waals surface area contributed by atoms with Crippen molar-refractivity contribution in [2.45, 2.75) is 44.8 Å². The van der Waals surface area contributed by atoms with E-state index in [1.54, 1.807) is 0 Å². The summed E-state index contributed by atoms with van der Waals surface area (Å²) in [7, 11) is 0. The van der Waals surface area contributed by atoms with Crippen LogP contribution in [-0.4, -0.2) is 32.9 Å². The summed E-state index contributed by atoms with van der Waals surface area (Å²) >= 11 is 0. The molecule has 22 heavy (non-hydrogen) atoms. The molecular weight excluding hydrogens is 286 g/mol. The Labute approximate surface area is 126 Å². The van der Waals surface area contributed by atoms with E-state index in [0.29, 0.717) is 17.4 Å². The highest BCUT2D eigenvalue weighted by Crippen LogP contribution is 2.27. The van der Waals surface area contributed by atoms with Crippen LogP contribution in [0.25, 0.3) is 0 Å². The number of ether oxygens (including phenoxy) is 1. The number of H-pyrrole nitrogens is 1. The Bertz CT molecular complexity index is 686. The standard InChI is InChI=1S/C14H17N5O3/c20-13(12-8-3-1-4-9(8)17-18-12)15-7-11-16-14(22-19-11)10-5-2-6-21-10/h10H,1-7H2,(H,15,20)(H,17,18)/t10-/m0/s1. The van der Waals surface area contributed by atoms with Crippen molar-refractivity contribution in [2.24, 2.45) is 0 Å². The van der Waals surface area contributed by atoms with Crippen molar-refractivity contribution >= 4 is 5.91 Å². The van der Waals surface area contributed by atoms with Crippen molar-refractivity contribution in [2.75, 3.05) is 6.61 Å². The molecule has 1 fully saturated rings. The summed E-state index contributed by atoms with van der Waals surface area (Å²) < 4.78 is 10.7. The third-order valence-electron chi connectivity index (χ3n) is 4.12. The molecule has 3 heterocycles. The number of nitrogens with one attached hydrogen (secondary N) is 2. The normalized spacial score (nSPS) is 20.3. The second kappa shape index (κ2) is 5.53. The second-order valence-electron chi connectivity index (χ2n) is 5.62. The Morgan fingerprint density at radius 3 is 3.18 bits per heavy atom. The Kier molecular flexibility index (Phi) is 3.38. The first-order valence-corrected chi connectivity index (χ1v) is 7.59. The van der Waals surface area contributed by atoms with Crippen molar-refractivity contribution in [1.82, 2.24) is 25.7 Å². The minimum Gasteiger partial charge on any atom is -0.368 e. The van der Waals surface area contributed by atoms with Crippen molar-refractivity contribution in [3.05, 3.63) is 28.7 Å². The quantitative estimate of drug-likeness (QED) is 0.875. The van der Waals surface area contributed by atoms with Crippen LogP contribution in [0.2, 0.25) is 0 Å². The van der Waals surface area contributed by atoms with Crippen molar-refractivity contribution in [3.63, 3.8) is 0 Å². The van der Waals surface area contributed by atoms with Crippen LogP contribution in [0.5, 0.6) is 0 Å². The van der Waals surface area contributed by atoms with Gasteiger partial charge >= 0.3 is 0 Å². The van der Waals surface area contributed by atoms with E-state index in [-0.39, 0.29) is 18.6 Å². The molecule has 1 saturated heterocycles. The van der Waals surface area contributed by atoms with Crippen LogP contribution in [0.1, 0.15) is 58.8 Å². The lowest BCUT2D eigenvalue weighted by molar-refractivity contribution is 0.0835. The number of aromatic amines is 1. The number of nitrogens with zero attached hydrogens (tertiary/aromatic N) is 3. The van der Waals surface area contributed by atoms with Crippen LogP contribution < -0.4 is 5.32 Å². The first-order chi connectivity index (χ1) is 10.8. The summed E-state index contributed by atoms with van der Waals surface area (Å²) in [6, 6.07) is 0. The highest BCUT2D eigenvalue weighted by atomic mass is 16.5. The van der Waals surface area contributed by atoms with Crippen LogP contribution in [-0.2, 0) is 24.1 Å². The molecule has 1 atom stereocenters. The Balaban J connectivity index is 1.39. The van der Waals surface area contributed by atoms with Gasteiger partial charge in [0.05, 0.1) is 6.54 Å². The zero-order chi connectivity index (χ0) is 14.9. The third-order valence-corrected chi connectivity index (χ3v) is 4.12. The van der Waals surface area contributed by atoms with E-state index < -0.39 is 0 Å². The SMILES string of the molecule is O=C(NCc1noc([C@@H]2CCCO2)n1)c1n[nH]c2c1CCC2. The molecule has 8 heteroatoms. The van der Waals surface area contributed by atoms with Crippen LogP contribution >= 0.6 is 0 Å². The number of hydrogen-bond donors (Lipinski definition) is 2. The minimum atomic E-state index is -0.206. The number of rotatable bonds is 4. The van der Waals surface area contributed by atoms with Crippen LogP contribution in [0, 0.1) is 0 Å². The van der Waals surface area contributed by atoms with E-state index in [0.717, 1.165) is 50.0 Å². The summed E-state index contributed by atoms with van der Waals surface area (Å²) in [5.41, 5.74) is 2.59. The fourth-order valence-electron chi connectivity index (χ4n) is 2.99. The lowest BCUT2D eigenvalue weighted by Gasteiger charge is -2.01. The van der Waals surface area contributed by atoms with Gasteiger partial charge in [0.1, 0.15) is 6.10 Å². The Morgan fingerprint density at radius 1 is 1.36 bits per heavy atom. The molecular formula is C14H17N5O3. The summed E-state index contributed by atoms with van der Waals surface area (Å²) in [5, 5.41) is 13.7. The molecule has 0 aromatic carbocycles. The first-order valence-electron chi connectivity index (χ1n) is 7.59. The predicted octanol–water partition coefficient (Wildman–Crippen LogP) is 1.06. The number of hydrogen-bond acceptors (Lipinski definition) is 6. The molecule has 2 aliphatic rings. The maximum Gasteiger partial charge on any atom is 0.272 e. The Hall–Kier alpha value is -2.22. The summed E-state index contributed by atoms with van der Waals surface area (Å²) in [5.74, 6) is 0.733. The summed E-state index contributed by atoms with van der Waals surface area (Å²) in [6.07, 6.45) is 4.73. The van der Waals surface area contributed by atoms with Gasteiger partial charge in [0.25, 0.3) is 11.8 Å². The third kappa shape index (κ3) is 2.39. The molecule has 2 aromatic rings. The Morgan fingerprint density at radius 2 is 2.32 bits per heavy atom. The fourth-order valence-corrected chi connectivity index (χ4v) is 2.99. The fraction of sp³-hybridized carbons (Fsp3) is 0.571. The molecule has 4 rings (SSSR count). The van der Waals surface area contributed by atoms with Gasteiger partial charge in [-0.25, -0.2) is 0 Å². The number of amides is 1. The van der Waals surface area contributed by atoms with Crippen LogP contribution in [0.3, 0.4) is 0 Å². The van der Waals surface area contributed by atoms with E-state index in [9.17, 15) is 4.79 Å². The van der Waals surface area contributed by atoms with Crippen molar-refractivity contribution < 1.29 is 14.1 Å². The number of carbonyl (C=O) groups excluding carboxylic acids is 1. The molecule has 2 N–H and O–H groups in total. The average Bonchev–Trinajstić information content (AvgIpc) is 3.27. The number of fused-ring (bicyclic) bond motifs is 1. The molecule has 116 valence electrons. The zero-order valence-electron chi connectivity index (χ0n) is 12.1. The first kappa shape index (κ1) is 13.4. The van der Waals surface area contributed by atoms with E-state index in [2.05, 4.69) is 25.7 Å². The van der Waals surface area contributed by atoms with E-state index in [1.807, 2.05) is 0 Å². The van der Waals surface area contributed by atoms with Gasteiger partial charge in [-0.2, -0.15) is 10.1 Å². The molecule has 0 bridgehead atoms. The summed E-state index contributed by atoms with van der Waals surface area (Å²) in [4.78, 5) is 16.5. The van der Waals surface area contributed by atoms with Gasteiger partial charge in [-0.3, -0.25) is 9.89 Å². The second-order valence-corrected chi connectivity index (χ2v) is 5.62. The molecule has 1 aliphatic heterocycles. The minimum absolute atomic E-state index is 0.105. The van der Waals surface area contributed by atoms with E-state index in [1.165, 1.54) is 0 Å². The van der Waals surface area contributed by atoms with E-state index >= 15 is 0 Å². The lowest BCUT2D eigenvalue weighted by Crippen LogP contribution is -2.24. The maximum absolute atomic E-state index is 12.2. The molecule has 1 amide bonds. The lowest BCUT2D eigenvalue weighted by atomic mass is 10.2. The molecule has 0 spiro atoms. The summed E-state index contributed by atoms with van der Waals surface area (Å²) in [6.45, 7) is 0.945. The van der Waals surface area contributed by atoms with Crippen molar-refractivity contribution in [3.8, 4) is 0 Å². The highest BCUT2D eigenvalue weighted by Gasteiger charge is 2.25. The monoisotopic (exact) mass is 303 g/mol. The van der Waals surface area contributed by atoms with Gasteiger partial charge in [-0.15, -0.1) is 0 Å². The zero-order valence-corrected chi connectivity index (χ0v) is 12.1. The molecule has 1 aliphatic carbocycles. The van der Waals surface area contributed by atoms with Gasteiger partial charge in [0.15, 0.2) is 11.5 Å².